The molecule has 0 aliphatic carbocycles. The molecule has 2 aromatic rings. The Balaban J connectivity index is 2.28. The van der Waals surface area contributed by atoms with Crippen molar-refractivity contribution < 1.29 is 4.74 Å². The molecular formula is C17H19Cl2NO. The number of ether oxygens (including phenoxy) is 1. The minimum Gasteiger partial charge on any atom is -0.455 e. The molecule has 0 radical (unpaired) electrons. The summed E-state index contributed by atoms with van der Waals surface area (Å²) < 4.78 is 5.98. The van der Waals surface area contributed by atoms with Crippen LogP contribution in [0.25, 0.3) is 0 Å². The van der Waals surface area contributed by atoms with Gasteiger partial charge in [0.2, 0.25) is 0 Å². The van der Waals surface area contributed by atoms with E-state index >= 15 is 0 Å². The van der Waals surface area contributed by atoms with Crippen LogP contribution in [-0.2, 0) is 6.54 Å². The Labute approximate surface area is 136 Å². The summed E-state index contributed by atoms with van der Waals surface area (Å²) in [6, 6.07) is 11.7. The Morgan fingerprint density at radius 1 is 1.05 bits per heavy atom. The molecule has 0 spiro atoms. The van der Waals surface area contributed by atoms with Gasteiger partial charge < -0.3 is 10.1 Å². The Hall–Kier alpha value is -1.22. The number of hydrogen-bond donors (Lipinski definition) is 1. The largest absolute Gasteiger partial charge is 0.455 e. The molecule has 0 atom stereocenters. The average Bonchev–Trinajstić information content (AvgIpc) is 2.43. The van der Waals surface area contributed by atoms with E-state index in [1.807, 2.05) is 43.3 Å². The first-order valence-electron chi connectivity index (χ1n) is 6.91. The van der Waals surface area contributed by atoms with Gasteiger partial charge in [-0.25, -0.2) is 0 Å². The van der Waals surface area contributed by atoms with Crippen LogP contribution in [0.2, 0.25) is 10.0 Å². The van der Waals surface area contributed by atoms with E-state index in [9.17, 15) is 0 Å². The number of aryl methyl sites for hydroxylation is 1. The number of hydrogen-bond acceptors (Lipinski definition) is 2. The standard InChI is InChI=1S/C17H19Cl2NO/c1-11(2)20-10-13-9-14(18)5-7-16(13)21-17-8-12(3)4-6-15(17)19/h4-9,11,20H,10H2,1-3H3. The highest BCUT2D eigenvalue weighted by atomic mass is 35.5. The maximum Gasteiger partial charge on any atom is 0.146 e. The van der Waals surface area contributed by atoms with Gasteiger partial charge >= 0.3 is 0 Å². The van der Waals surface area contributed by atoms with E-state index in [0.717, 1.165) is 16.9 Å². The van der Waals surface area contributed by atoms with Crippen molar-refractivity contribution in [1.29, 1.82) is 0 Å². The molecule has 1 N–H and O–H groups in total. The topological polar surface area (TPSA) is 21.3 Å². The van der Waals surface area contributed by atoms with Crippen LogP contribution in [0.15, 0.2) is 36.4 Å². The molecule has 112 valence electrons. The molecule has 0 fully saturated rings. The van der Waals surface area contributed by atoms with Crippen molar-refractivity contribution in [3.8, 4) is 11.5 Å². The highest BCUT2D eigenvalue weighted by Crippen LogP contribution is 2.33. The van der Waals surface area contributed by atoms with Crippen molar-refractivity contribution in [2.24, 2.45) is 0 Å². The van der Waals surface area contributed by atoms with Gasteiger partial charge in [0.25, 0.3) is 0 Å². The van der Waals surface area contributed by atoms with Crippen LogP contribution in [0.5, 0.6) is 11.5 Å². The second-order valence-electron chi connectivity index (χ2n) is 5.32. The van der Waals surface area contributed by atoms with Gasteiger partial charge in [0.15, 0.2) is 0 Å². The molecular weight excluding hydrogens is 305 g/mol. The number of nitrogens with one attached hydrogen (secondary N) is 1. The fourth-order valence-corrected chi connectivity index (χ4v) is 2.26. The Kier molecular flexibility index (Phi) is 5.51. The van der Waals surface area contributed by atoms with E-state index < -0.39 is 0 Å². The second kappa shape index (κ2) is 7.17. The first kappa shape index (κ1) is 16.2. The smallest absolute Gasteiger partial charge is 0.146 e. The molecule has 0 amide bonds. The molecule has 0 aliphatic rings. The van der Waals surface area contributed by atoms with Crippen molar-refractivity contribution in [2.45, 2.75) is 33.4 Å². The monoisotopic (exact) mass is 323 g/mol. The van der Waals surface area contributed by atoms with E-state index in [1.54, 1.807) is 0 Å². The number of benzene rings is 2. The van der Waals surface area contributed by atoms with Gasteiger partial charge in [0, 0.05) is 23.2 Å². The Bertz CT molecular complexity index is 626. The van der Waals surface area contributed by atoms with Gasteiger partial charge in [-0.05, 0) is 42.8 Å². The van der Waals surface area contributed by atoms with E-state index in [1.165, 1.54) is 0 Å². The highest BCUT2D eigenvalue weighted by molar-refractivity contribution is 6.32. The Morgan fingerprint density at radius 2 is 1.81 bits per heavy atom. The molecule has 4 heteroatoms. The quantitative estimate of drug-likeness (QED) is 0.774. The molecule has 21 heavy (non-hydrogen) atoms. The lowest BCUT2D eigenvalue weighted by Crippen LogP contribution is -2.22. The van der Waals surface area contributed by atoms with Gasteiger partial charge in [-0.15, -0.1) is 0 Å². The lowest BCUT2D eigenvalue weighted by Gasteiger charge is -2.15. The van der Waals surface area contributed by atoms with Crippen LogP contribution in [-0.4, -0.2) is 6.04 Å². The van der Waals surface area contributed by atoms with E-state index in [4.69, 9.17) is 27.9 Å². The molecule has 0 saturated heterocycles. The molecule has 2 aromatic carbocycles. The van der Waals surface area contributed by atoms with Crippen LogP contribution in [0.4, 0.5) is 0 Å². The summed E-state index contributed by atoms with van der Waals surface area (Å²) >= 11 is 12.3. The SMILES string of the molecule is Cc1ccc(Cl)c(Oc2ccc(Cl)cc2CNC(C)C)c1. The van der Waals surface area contributed by atoms with Gasteiger partial charge in [-0.2, -0.15) is 0 Å². The molecule has 0 aromatic heterocycles. The van der Waals surface area contributed by atoms with Crippen LogP contribution < -0.4 is 10.1 Å². The van der Waals surface area contributed by atoms with Gasteiger partial charge in [-0.1, -0.05) is 43.1 Å². The molecule has 2 nitrogen and oxygen atoms in total. The lowest BCUT2D eigenvalue weighted by molar-refractivity contribution is 0.469. The van der Waals surface area contributed by atoms with Gasteiger partial charge in [0.05, 0.1) is 5.02 Å². The fraction of sp³-hybridized carbons (Fsp3) is 0.294. The molecule has 2 rings (SSSR count). The third-order valence-corrected chi connectivity index (χ3v) is 3.58. The number of halogens is 2. The molecule has 0 bridgehead atoms. The number of rotatable bonds is 5. The minimum absolute atomic E-state index is 0.388. The van der Waals surface area contributed by atoms with Gasteiger partial charge in [-0.3, -0.25) is 0 Å². The summed E-state index contributed by atoms with van der Waals surface area (Å²) in [5.74, 6) is 1.42. The maximum absolute atomic E-state index is 6.19. The van der Waals surface area contributed by atoms with Crippen molar-refractivity contribution in [1.82, 2.24) is 5.32 Å². The van der Waals surface area contributed by atoms with Crippen molar-refractivity contribution >= 4 is 23.2 Å². The predicted molar refractivity (Wildman–Crippen MR) is 89.7 cm³/mol. The van der Waals surface area contributed by atoms with Gasteiger partial charge in [0.1, 0.15) is 11.5 Å². The molecule has 0 unspecified atom stereocenters. The molecule has 0 aliphatic heterocycles. The Morgan fingerprint density at radius 3 is 2.52 bits per heavy atom. The fourth-order valence-electron chi connectivity index (χ4n) is 1.91. The summed E-state index contributed by atoms with van der Waals surface area (Å²) in [4.78, 5) is 0. The minimum atomic E-state index is 0.388. The zero-order valence-electron chi connectivity index (χ0n) is 12.4. The van der Waals surface area contributed by atoms with Crippen molar-refractivity contribution in [2.75, 3.05) is 0 Å². The third-order valence-electron chi connectivity index (χ3n) is 3.03. The normalized spacial score (nSPS) is 11.0. The van der Waals surface area contributed by atoms with Crippen molar-refractivity contribution in [3.63, 3.8) is 0 Å². The third kappa shape index (κ3) is 4.63. The zero-order chi connectivity index (χ0) is 15.4. The summed E-state index contributed by atoms with van der Waals surface area (Å²) in [5.41, 5.74) is 2.11. The zero-order valence-corrected chi connectivity index (χ0v) is 13.9. The summed E-state index contributed by atoms with van der Waals surface area (Å²) in [5, 5.41) is 4.66. The van der Waals surface area contributed by atoms with Crippen LogP contribution >= 0.6 is 23.2 Å². The average molecular weight is 324 g/mol. The van der Waals surface area contributed by atoms with Crippen LogP contribution in [0, 0.1) is 6.92 Å². The van der Waals surface area contributed by atoms with Crippen LogP contribution in [0.3, 0.4) is 0 Å². The summed E-state index contributed by atoms with van der Waals surface area (Å²) in [6.45, 7) is 6.90. The molecule has 0 saturated carbocycles. The second-order valence-corrected chi connectivity index (χ2v) is 6.17. The first-order valence-corrected chi connectivity index (χ1v) is 7.67. The van der Waals surface area contributed by atoms with E-state index in [2.05, 4.69) is 19.2 Å². The summed E-state index contributed by atoms with van der Waals surface area (Å²) in [7, 11) is 0. The van der Waals surface area contributed by atoms with E-state index in [0.29, 0.717) is 28.4 Å². The summed E-state index contributed by atoms with van der Waals surface area (Å²) in [6.07, 6.45) is 0. The predicted octanol–water partition coefficient (Wildman–Crippen LogP) is 5.59. The first-order chi connectivity index (χ1) is 9.95. The van der Waals surface area contributed by atoms with Crippen molar-refractivity contribution in [3.05, 3.63) is 57.6 Å². The van der Waals surface area contributed by atoms with E-state index in [-0.39, 0.29) is 0 Å². The highest BCUT2D eigenvalue weighted by Gasteiger charge is 2.09. The lowest BCUT2D eigenvalue weighted by atomic mass is 10.2. The maximum atomic E-state index is 6.19. The van der Waals surface area contributed by atoms with Crippen LogP contribution in [0.1, 0.15) is 25.0 Å². The molecule has 0 heterocycles.